The van der Waals surface area contributed by atoms with Gasteiger partial charge in [-0.05, 0) is 49.2 Å². The Bertz CT molecular complexity index is 391. The highest BCUT2D eigenvalue weighted by Crippen LogP contribution is 2.23. The van der Waals surface area contributed by atoms with E-state index in [0.717, 1.165) is 19.6 Å². The predicted octanol–water partition coefficient (Wildman–Crippen LogP) is 3.15. The number of amides is 1. The third-order valence-electron chi connectivity index (χ3n) is 4.04. The van der Waals surface area contributed by atoms with Crippen molar-refractivity contribution in [3.05, 3.63) is 22.4 Å². The summed E-state index contributed by atoms with van der Waals surface area (Å²) in [6.45, 7) is 5.17. The zero-order valence-electron chi connectivity index (χ0n) is 12.3. The van der Waals surface area contributed by atoms with E-state index in [1.165, 1.54) is 17.7 Å². The van der Waals surface area contributed by atoms with Gasteiger partial charge < -0.3 is 10.2 Å². The summed E-state index contributed by atoms with van der Waals surface area (Å²) in [5, 5.41) is 5.49. The minimum atomic E-state index is 0. The molecule has 1 aliphatic heterocycles. The molecule has 2 heterocycles. The number of nitrogens with one attached hydrogen (secondary N) is 1. The average Bonchev–Trinajstić information content (AvgIpc) is 2.92. The first kappa shape index (κ1) is 17.5. The maximum atomic E-state index is 12.2. The van der Waals surface area contributed by atoms with E-state index in [4.69, 9.17) is 0 Å². The predicted molar refractivity (Wildman–Crippen MR) is 87.4 cm³/mol. The topological polar surface area (TPSA) is 32.3 Å². The summed E-state index contributed by atoms with van der Waals surface area (Å²) < 4.78 is 0. The number of hydrogen-bond donors (Lipinski definition) is 1. The van der Waals surface area contributed by atoms with Crippen LogP contribution in [0.5, 0.6) is 0 Å². The van der Waals surface area contributed by atoms with Crippen molar-refractivity contribution < 1.29 is 4.79 Å². The van der Waals surface area contributed by atoms with Crippen LogP contribution in [0.4, 0.5) is 0 Å². The Hall–Kier alpha value is -0.580. The molecule has 114 valence electrons. The van der Waals surface area contributed by atoms with E-state index in [2.05, 4.69) is 23.7 Å². The van der Waals surface area contributed by atoms with Gasteiger partial charge in [0.25, 0.3) is 0 Å². The van der Waals surface area contributed by atoms with E-state index in [1.807, 2.05) is 18.0 Å². The smallest absolute Gasteiger partial charge is 0.222 e. The van der Waals surface area contributed by atoms with Crippen LogP contribution >= 0.6 is 23.7 Å². The standard InChI is InChI=1S/C15H24N2OS.ClH/c1-12(13-5-3-7-16-10-13)9-15(18)17(2)11-14-6-4-8-19-14;/h4,6,8,12-13,16H,3,5,7,9-11H2,1-2H3;1H. The van der Waals surface area contributed by atoms with Gasteiger partial charge in [-0.25, -0.2) is 0 Å². The van der Waals surface area contributed by atoms with Gasteiger partial charge in [-0.2, -0.15) is 0 Å². The van der Waals surface area contributed by atoms with Gasteiger partial charge in [0.15, 0.2) is 0 Å². The number of thiophene rings is 1. The first-order valence-electron chi connectivity index (χ1n) is 7.14. The molecule has 0 bridgehead atoms. The second-order valence-electron chi connectivity index (χ2n) is 5.62. The van der Waals surface area contributed by atoms with Crippen LogP contribution in [-0.4, -0.2) is 30.9 Å². The Labute approximate surface area is 132 Å². The zero-order chi connectivity index (χ0) is 13.7. The lowest BCUT2D eigenvalue weighted by Crippen LogP contribution is -2.36. The molecule has 2 atom stereocenters. The van der Waals surface area contributed by atoms with Gasteiger partial charge in [-0.15, -0.1) is 23.7 Å². The van der Waals surface area contributed by atoms with Crippen LogP contribution in [0.25, 0.3) is 0 Å². The van der Waals surface area contributed by atoms with E-state index in [-0.39, 0.29) is 18.3 Å². The van der Waals surface area contributed by atoms with E-state index in [1.54, 1.807) is 11.3 Å². The number of hydrogen-bond acceptors (Lipinski definition) is 3. The van der Waals surface area contributed by atoms with Gasteiger partial charge in [0.05, 0.1) is 6.54 Å². The molecule has 0 aromatic carbocycles. The van der Waals surface area contributed by atoms with E-state index in [9.17, 15) is 4.79 Å². The van der Waals surface area contributed by atoms with Gasteiger partial charge in [0.1, 0.15) is 0 Å². The highest BCUT2D eigenvalue weighted by Gasteiger charge is 2.23. The number of carbonyl (C=O) groups excluding carboxylic acids is 1. The Balaban J connectivity index is 0.00000200. The summed E-state index contributed by atoms with van der Waals surface area (Å²) in [5.41, 5.74) is 0. The molecular weight excluding hydrogens is 292 g/mol. The first-order chi connectivity index (χ1) is 9.16. The Morgan fingerprint density at radius 3 is 3.00 bits per heavy atom. The summed E-state index contributed by atoms with van der Waals surface area (Å²) in [6, 6.07) is 4.12. The molecule has 0 radical (unpaired) electrons. The molecule has 1 N–H and O–H groups in total. The summed E-state index contributed by atoms with van der Waals surface area (Å²) in [7, 11) is 1.91. The second kappa shape index (κ2) is 8.65. The zero-order valence-corrected chi connectivity index (χ0v) is 13.9. The molecule has 20 heavy (non-hydrogen) atoms. The fourth-order valence-corrected chi connectivity index (χ4v) is 3.44. The maximum absolute atomic E-state index is 12.2. The molecule has 0 saturated carbocycles. The maximum Gasteiger partial charge on any atom is 0.222 e. The molecule has 2 rings (SSSR count). The summed E-state index contributed by atoms with van der Waals surface area (Å²) in [5.74, 6) is 1.41. The molecule has 5 heteroatoms. The van der Waals surface area contributed by atoms with Gasteiger partial charge in [0, 0.05) is 18.3 Å². The molecule has 1 aromatic heterocycles. The van der Waals surface area contributed by atoms with Crippen LogP contribution in [0.1, 0.15) is 31.1 Å². The summed E-state index contributed by atoms with van der Waals surface area (Å²) in [4.78, 5) is 15.3. The Kier molecular flexibility index (Phi) is 7.56. The second-order valence-corrected chi connectivity index (χ2v) is 6.65. The molecule has 1 saturated heterocycles. The summed E-state index contributed by atoms with van der Waals surface area (Å²) >= 11 is 1.71. The SMILES string of the molecule is CC(CC(=O)N(C)Cc1cccs1)C1CCCNC1.Cl. The minimum absolute atomic E-state index is 0. The molecule has 1 fully saturated rings. The third-order valence-corrected chi connectivity index (χ3v) is 4.90. The van der Waals surface area contributed by atoms with Gasteiger partial charge >= 0.3 is 0 Å². The van der Waals surface area contributed by atoms with E-state index in [0.29, 0.717) is 18.3 Å². The normalized spacial score (nSPS) is 20.0. The molecule has 1 amide bonds. The fourth-order valence-electron chi connectivity index (χ4n) is 2.69. The largest absolute Gasteiger partial charge is 0.341 e. The molecule has 1 aromatic rings. The first-order valence-corrected chi connectivity index (χ1v) is 8.02. The molecule has 2 unspecified atom stereocenters. The van der Waals surface area contributed by atoms with Crippen molar-refractivity contribution in [1.29, 1.82) is 0 Å². The quantitative estimate of drug-likeness (QED) is 0.905. The van der Waals surface area contributed by atoms with Crippen LogP contribution in [0.2, 0.25) is 0 Å². The fraction of sp³-hybridized carbons (Fsp3) is 0.667. The molecule has 0 spiro atoms. The van der Waals surface area contributed by atoms with Crippen LogP contribution in [0.15, 0.2) is 17.5 Å². The van der Waals surface area contributed by atoms with Crippen LogP contribution in [-0.2, 0) is 11.3 Å². The lowest BCUT2D eigenvalue weighted by Gasteiger charge is -2.29. The van der Waals surface area contributed by atoms with Crippen molar-refractivity contribution in [2.45, 2.75) is 32.7 Å². The number of halogens is 1. The average molecular weight is 317 g/mol. The lowest BCUT2D eigenvalue weighted by atomic mass is 9.85. The molecular formula is C15H25ClN2OS. The number of nitrogens with zero attached hydrogens (tertiary/aromatic N) is 1. The highest BCUT2D eigenvalue weighted by atomic mass is 35.5. The highest BCUT2D eigenvalue weighted by molar-refractivity contribution is 7.09. The van der Waals surface area contributed by atoms with E-state index < -0.39 is 0 Å². The monoisotopic (exact) mass is 316 g/mol. The van der Waals surface area contributed by atoms with Crippen molar-refractivity contribution >= 4 is 29.7 Å². The molecule has 3 nitrogen and oxygen atoms in total. The van der Waals surface area contributed by atoms with Crippen molar-refractivity contribution in [3.8, 4) is 0 Å². The number of carbonyl (C=O) groups is 1. The summed E-state index contributed by atoms with van der Waals surface area (Å²) in [6.07, 6.45) is 3.18. The van der Waals surface area contributed by atoms with Crippen molar-refractivity contribution in [3.63, 3.8) is 0 Å². The van der Waals surface area contributed by atoms with Crippen LogP contribution < -0.4 is 5.32 Å². The number of piperidine rings is 1. The molecule has 0 aliphatic carbocycles. The van der Waals surface area contributed by atoms with Crippen molar-refractivity contribution in [2.75, 3.05) is 20.1 Å². The van der Waals surface area contributed by atoms with Crippen LogP contribution in [0, 0.1) is 11.8 Å². The van der Waals surface area contributed by atoms with Gasteiger partial charge in [-0.1, -0.05) is 13.0 Å². The molecule has 1 aliphatic rings. The van der Waals surface area contributed by atoms with Crippen molar-refractivity contribution in [2.24, 2.45) is 11.8 Å². The number of rotatable bonds is 5. The third kappa shape index (κ3) is 5.08. The lowest BCUT2D eigenvalue weighted by molar-refractivity contribution is -0.131. The minimum Gasteiger partial charge on any atom is -0.341 e. The Morgan fingerprint density at radius 1 is 1.60 bits per heavy atom. The van der Waals surface area contributed by atoms with Gasteiger partial charge in [0.2, 0.25) is 5.91 Å². The van der Waals surface area contributed by atoms with Crippen LogP contribution in [0.3, 0.4) is 0 Å². The van der Waals surface area contributed by atoms with Gasteiger partial charge in [-0.3, -0.25) is 4.79 Å². The van der Waals surface area contributed by atoms with Crippen molar-refractivity contribution in [1.82, 2.24) is 10.2 Å². The van der Waals surface area contributed by atoms with E-state index >= 15 is 0 Å². The Morgan fingerprint density at radius 2 is 2.40 bits per heavy atom.